The molecule has 0 aliphatic carbocycles. The van der Waals surface area contributed by atoms with E-state index in [1.54, 1.807) is 4.52 Å². The Labute approximate surface area is 197 Å². The maximum atomic E-state index is 12.9. The van der Waals surface area contributed by atoms with Gasteiger partial charge in [0.05, 0.1) is 0 Å². The van der Waals surface area contributed by atoms with Gasteiger partial charge in [-0.15, -0.1) is 15.3 Å². The second kappa shape index (κ2) is 9.19. The lowest BCUT2D eigenvalue weighted by atomic mass is 9.95. The highest BCUT2D eigenvalue weighted by atomic mass is 35.5. The number of hydrogen-bond donors (Lipinski definition) is 1. The molecule has 0 radical (unpaired) electrons. The van der Waals surface area contributed by atoms with Crippen molar-refractivity contribution in [2.75, 3.05) is 23.3 Å². The molecule has 0 atom stereocenters. The minimum absolute atomic E-state index is 0.00515. The van der Waals surface area contributed by atoms with Gasteiger partial charge in [-0.3, -0.25) is 4.79 Å². The molecule has 0 bridgehead atoms. The number of aromatic nitrogens is 4. The van der Waals surface area contributed by atoms with Crippen molar-refractivity contribution in [2.24, 2.45) is 5.92 Å². The lowest BCUT2D eigenvalue weighted by molar-refractivity contribution is -0.120. The highest BCUT2D eigenvalue weighted by molar-refractivity contribution is 6.30. The summed E-state index contributed by atoms with van der Waals surface area (Å²) in [7, 11) is 0. The number of aryl methyl sites for hydroxylation is 1. The molecule has 7 nitrogen and oxygen atoms in total. The number of hydrogen-bond acceptors (Lipinski definition) is 5. The first-order chi connectivity index (χ1) is 16.1. The molecule has 4 aromatic rings. The second-order valence-electron chi connectivity index (χ2n) is 8.25. The normalized spacial score (nSPS) is 14.5. The van der Waals surface area contributed by atoms with E-state index in [1.807, 2.05) is 54.6 Å². The molecule has 2 aromatic carbocycles. The lowest BCUT2D eigenvalue weighted by Crippen LogP contribution is -2.38. The molecular formula is C25H25ClN6O. The first-order valence-corrected chi connectivity index (χ1v) is 11.6. The van der Waals surface area contributed by atoms with E-state index in [-0.39, 0.29) is 11.8 Å². The van der Waals surface area contributed by atoms with Crippen LogP contribution in [-0.4, -0.2) is 38.8 Å². The van der Waals surface area contributed by atoms with Gasteiger partial charge in [0.2, 0.25) is 5.91 Å². The van der Waals surface area contributed by atoms with E-state index < -0.39 is 0 Å². The van der Waals surface area contributed by atoms with Crippen molar-refractivity contribution < 1.29 is 4.79 Å². The van der Waals surface area contributed by atoms with E-state index in [2.05, 4.69) is 33.4 Å². The molecule has 1 aliphatic rings. The van der Waals surface area contributed by atoms with Crippen molar-refractivity contribution in [3.8, 4) is 11.4 Å². The molecule has 168 valence electrons. The van der Waals surface area contributed by atoms with Crippen molar-refractivity contribution in [1.29, 1.82) is 0 Å². The number of fused-ring (bicyclic) bond motifs is 1. The summed E-state index contributed by atoms with van der Waals surface area (Å²) in [5, 5.41) is 17.2. The summed E-state index contributed by atoms with van der Waals surface area (Å²) < 4.78 is 1.76. The van der Waals surface area contributed by atoms with Crippen molar-refractivity contribution in [1.82, 2.24) is 19.8 Å². The summed E-state index contributed by atoms with van der Waals surface area (Å²) in [5.74, 6) is 1.62. The van der Waals surface area contributed by atoms with Crippen LogP contribution in [0.3, 0.4) is 0 Å². The minimum Gasteiger partial charge on any atom is -0.355 e. The Hall–Kier alpha value is -3.45. The largest absolute Gasteiger partial charge is 0.355 e. The Morgan fingerprint density at radius 2 is 1.79 bits per heavy atom. The molecule has 1 N–H and O–H groups in total. The minimum atomic E-state index is -0.00515. The molecular weight excluding hydrogens is 436 g/mol. The Kier molecular flexibility index (Phi) is 5.96. The van der Waals surface area contributed by atoms with Gasteiger partial charge in [0.15, 0.2) is 11.5 Å². The van der Waals surface area contributed by atoms with Gasteiger partial charge in [0, 0.05) is 35.3 Å². The summed E-state index contributed by atoms with van der Waals surface area (Å²) in [6, 6.07) is 19.4. The molecule has 1 fully saturated rings. The van der Waals surface area contributed by atoms with Crippen LogP contribution < -0.4 is 10.2 Å². The van der Waals surface area contributed by atoms with E-state index in [4.69, 9.17) is 16.7 Å². The summed E-state index contributed by atoms with van der Waals surface area (Å²) in [6.45, 7) is 3.64. The van der Waals surface area contributed by atoms with Crippen LogP contribution in [0.25, 0.3) is 17.0 Å². The van der Waals surface area contributed by atoms with Crippen LogP contribution in [0.2, 0.25) is 5.02 Å². The molecule has 1 saturated heterocycles. The van der Waals surface area contributed by atoms with Crippen molar-refractivity contribution in [2.45, 2.75) is 26.2 Å². The quantitative estimate of drug-likeness (QED) is 0.460. The molecule has 2 aromatic heterocycles. The Morgan fingerprint density at radius 3 is 2.55 bits per heavy atom. The van der Waals surface area contributed by atoms with Crippen LogP contribution >= 0.6 is 11.6 Å². The number of benzene rings is 2. The van der Waals surface area contributed by atoms with Crippen LogP contribution in [-0.2, 0) is 11.2 Å². The van der Waals surface area contributed by atoms with E-state index in [9.17, 15) is 4.79 Å². The third kappa shape index (κ3) is 4.41. The molecule has 3 heterocycles. The third-order valence-corrected chi connectivity index (χ3v) is 6.45. The fraction of sp³-hybridized carbons (Fsp3) is 0.280. The predicted octanol–water partition coefficient (Wildman–Crippen LogP) is 4.86. The van der Waals surface area contributed by atoms with Gasteiger partial charge >= 0.3 is 0 Å². The van der Waals surface area contributed by atoms with Crippen molar-refractivity contribution in [3.63, 3.8) is 0 Å². The highest BCUT2D eigenvalue weighted by Crippen LogP contribution is 2.26. The average Bonchev–Trinajstić information content (AvgIpc) is 3.28. The van der Waals surface area contributed by atoms with E-state index in [0.29, 0.717) is 16.5 Å². The molecule has 33 heavy (non-hydrogen) atoms. The third-order valence-electron chi connectivity index (χ3n) is 6.20. The lowest BCUT2D eigenvalue weighted by Gasteiger charge is -2.32. The molecule has 0 spiro atoms. The predicted molar refractivity (Wildman–Crippen MR) is 131 cm³/mol. The molecule has 0 saturated carbocycles. The van der Waals surface area contributed by atoms with E-state index in [1.165, 1.54) is 0 Å². The monoisotopic (exact) mass is 460 g/mol. The van der Waals surface area contributed by atoms with Gasteiger partial charge in [-0.05, 0) is 67.3 Å². The first kappa shape index (κ1) is 21.4. The molecule has 8 heteroatoms. The number of nitrogens with zero attached hydrogens (tertiary/aromatic N) is 5. The van der Waals surface area contributed by atoms with Crippen LogP contribution in [0, 0.1) is 5.92 Å². The number of para-hydroxylation sites is 1. The number of rotatable bonds is 5. The number of nitrogens with one attached hydrogen (secondary N) is 1. The summed E-state index contributed by atoms with van der Waals surface area (Å²) in [5.41, 5.74) is 3.67. The second-order valence-corrected chi connectivity index (χ2v) is 8.69. The first-order valence-electron chi connectivity index (χ1n) is 11.2. The van der Waals surface area contributed by atoms with Crippen molar-refractivity contribution in [3.05, 3.63) is 71.2 Å². The SMILES string of the molecule is CCc1ccccc1NC(=O)C1CCN(c2ccc3nnc(-c4ccc(Cl)cc4)n3n2)CC1. The number of carbonyl (C=O) groups is 1. The van der Waals surface area contributed by atoms with Gasteiger partial charge in [-0.2, -0.15) is 4.52 Å². The van der Waals surface area contributed by atoms with Gasteiger partial charge in [-0.25, -0.2) is 0 Å². The number of amides is 1. The van der Waals surface area contributed by atoms with Gasteiger partial charge < -0.3 is 10.2 Å². The zero-order chi connectivity index (χ0) is 22.8. The van der Waals surface area contributed by atoms with Crippen LogP contribution in [0.15, 0.2) is 60.7 Å². The molecule has 0 unspecified atom stereocenters. The molecule has 5 rings (SSSR count). The maximum Gasteiger partial charge on any atom is 0.227 e. The smallest absolute Gasteiger partial charge is 0.227 e. The van der Waals surface area contributed by atoms with Gasteiger partial charge in [0.25, 0.3) is 0 Å². The molecule has 1 amide bonds. The Morgan fingerprint density at radius 1 is 1.03 bits per heavy atom. The molecule has 1 aliphatic heterocycles. The zero-order valence-electron chi connectivity index (χ0n) is 18.4. The van der Waals surface area contributed by atoms with E-state index in [0.717, 1.165) is 55.0 Å². The fourth-order valence-corrected chi connectivity index (χ4v) is 4.41. The van der Waals surface area contributed by atoms with Gasteiger partial charge in [-0.1, -0.05) is 36.7 Å². The summed E-state index contributed by atoms with van der Waals surface area (Å²) in [6.07, 6.45) is 2.46. The average molecular weight is 461 g/mol. The van der Waals surface area contributed by atoms with Crippen LogP contribution in [0.1, 0.15) is 25.3 Å². The number of carbonyl (C=O) groups excluding carboxylic acids is 1. The number of anilines is 2. The van der Waals surface area contributed by atoms with Crippen LogP contribution in [0.5, 0.6) is 0 Å². The number of piperidine rings is 1. The van der Waals surface area contributed by atoms with Crippen LogP contribution in [0.4, 0.5) is 11.5 Å². The zero-order valence-corrected chi connectivity index (χ0v) is 19.2. The maximum absolute atomic E-state index is 12.9. The Balaban J connectivity index is 1.29. The van der Waals surface area contributed by atoms with E-state index >= 15 is 0 Å². The summed E-state index contributed by atoms with van der Waals surface area (Å²) >= 11 is 6.02. The standard InChI is InChI=1S/C25H25ClN6O/c1-2-17-5-3-4-6-21(17)27-25(33)19-13-15-31(16-14-19)23-12-11-22-28-29-24(32(22)30-23)18-7-9-20(26)10-8-18/h3-12,19H,2,13-16H2,1H3,(H,27,33). The summed E-state index contributed by atoms with van der Waals surface area (Å²) in [4.78, 5) is 15.1. The topological polar surface area (TPSA) is 75.4 Å². The van der Waals surface area contributed by atoms with Crippen molar-refractivity contribution >= 4 is 34.7 Å². The van der Waals surface area contributed by atoms with Gasteiger partial charge in [0.1, 0.15) is 5.82 Å². The number of halogens is 1. The Bertz CT molecular complexity index is 1280. The highest BCUT2D eigenvalue weighted by Gasteiger charge is 2.26. The fourth-order valence-electron chi connectivity index (χ4n) is 4.28.